The number of fused-ring (bicyclic) bond motifs is 1. The minimum atomic E-state index is -0.913. The summed E-state index contributed by atoms with van der Waals surface area (Å²) >= 11 is 0. The van der Waals surface area contributed by atoms with Gasteiger partial charge in [0.1, 0.15) is 11.9 Å². The first kappa shape index (κ1) is 12.7. The Labute approximate surface area is 114 Å². The van der Waals surface area contributed by atoms with Crippen molar-refractivity contribution in [3.8, 4) is 0 Å². The van der Waals surface area contributed by atoms with E-state index in [-0.39, 0.29) is 0 Å². The minimum absolute atomic E-state index is 0.372. The smallest absolute Gasteiger partial charge is 0.161 e. The maximum atomic E-state index is 13.2. The number of nitrogens with zero attached hydrogens (tertiary/aromatic N) is 1. The van der Waals surface area contributed by atoms with Gasteiger partial charge in [-0.2, -0.15) is 0 Å². The third-order valence-electron chi connectivity index (χ3n) is 3.13. The van der Waals surface area contributed by atoms with Crippen LogP contribution in [0.1, 0.15) is 17.5 Å². The van der Waals surface area contributed by atoms with Crippen LogP contribution in [0.15, 0.2) is 42.5 Å². The van der Waals surface area contributed by atoms with Crippen LogP contribution in [0.2, 0.25) is 0 Å². The van der Waals surface area contributed by atoms with E-state index >= 15 is 0 Å². The third kappa shape index (κ3) is 2.16. The summed E-state index contributed by atoms with van der Waals surface area (Å²) in [6.07, 6.45) is -0.408. The van der Waals surface area contributed by atoms with E-state index < -0.39 is 17.7 Å². The average molecular weight is 274 g/mol. The van der Waals surface area contributed by atoms with Crippen molar-refractivity contribution in [2.45, 2.75) is 6.10 Å². The van der Waals surface area contributed by atoms with Gasteiger partial charge in [-0.05, 0) is 5.56 Å². The molecule has 0 spiro atoms. The second-order valence-corrected chi connectivity index (χ2v) is 4.43. The summed E-state index contributed by atoms with van der Waals surface area (Å²) in [5.41, 5.74) is 1.73. The summed E-state index contributed by atoms with van der Waals surface area (Å²) in [6, 6.07) is 11.7. The van der Waals surface area contributed by atoms with Gasteiger partial charge >= 0.3 is 0 Å². The van der Waals surface area contributed by atoms with Gasteiger partial charge in [-0.3, -0.25) is 0 Å². The Balaban J connectivity index is 2.09. The van der Waals surface area contributed by atoms with Gasteiger partial charge in [-0.1, -0.05) is 30.3 Å². The van der Waals surface area contributed by atoms with Crippen molar-refractivity contribution in [3.05, 3.63) is 65.5 Å². The Bertz CT molecular complexity index is 701. The van der Waals surface area contributed by atoms with Crippen LogP contribution in [-0.2, 0) is 4.74 Å². The van der Waals surface area contributed by atoms with Gasteiger partial charge in [0.25, 0.3) is 0 Å². The molecular weight excluding hydrogens is 262 g/mol. The second-order valence-electron chi connectivity index (χ2n) is 4.43. The summed E-state index contributed by atoms with van der Waals surface area (Å²) in [5, 5.41) is 0. The van der Waals surface area contributed by atoms with Crippen LogP contribution in [0.25, 0.3) is 11.0 Å². The topological polar surface area (TPSA) is 37.9 Å². The average Bonchev–Trinajstić information content (AvgIpc) is 2.84. The molecule has 1 aromatic heterocycles. The maximum Gasteiger partial charge on any atom is 0.161 e. The molecule has 0 saturated heterocycles. The fourth-order valence-corrected chi connectivity index (χ4v) is 2.18. The lowest BCUT2D eigenvalue weighted by Crippen LogP contribution is -2.05. The maximum absolute atomic E-state index is 13.2. The van der Waals surface area contributed by atoms with Crippen molar-refractivity contribution in [1.82, 2.24) is 9.97 Å². The largest absolute Gasteiger partial charge is 0.369 e. The third-order valence-corrected chi connectivity index (χ3v) is 3.13. The van der Waals surface area contributed by atoms with Crippen LogP contribution in [0.4, 0.5) is 8.78 Å². The number of methoxy groups -OCH3 is 1. The molecule has 0 saturated carbocycles. The second kappa shape index (κ2) is 5.02. The van der Waals surface area contributed by atoms with Gasteiger partial charge in [-0.25, -0.2) is 13.8 Å². The van der Waals surface area contributed by atoms with Crippen LogP contribution in [0, 0.1) is 11.6 Å². The highest BCUT2D eigenvalue weighted by Crippen LogP contribution is 2.26. The predicted octanol–water partition coefficient (Wildman–Crippen LogP) is 3.58. The van der Waals surface area contributed by atoms with Crippen molar-refractivity contribution in [1.29, 1.82) is 0 Å². The van der Waals surface area contributed by atoms with Gasteiger partial charge in [0.2, 0.25) is 0 Å². The first-order chi connectivity index (χ1) is 9.69. The molecule has 20 heavy (non-hydrogen) atoms. The highest BCUT2D eigenvalue weighted by molar-refractivity contribution is 5.75. The number of benzene rings is 2. The van der Waals surface area contributed by atoms with Gasteiger partial charge < -0.3 is 9.72 Å². The summed E-state index contributed by atoms with van der Waals surface area (Å²) in [6.45, 7) is 0. The lowest BCUT2D eigenvalue weighted by atomic mass is 10.1. The normalized spacial score (nSPS) is 12.8. The number of hydrogen-bond donors (Lipinski definition) is 1. The lowest BCUT2D eigenvalue weighted by Gasteiger charge is -2.12. The molecule has 0 radical (unpaired) electrons. The van der Waals surface area contributed by atoms with Gasteiger partial charge in [0.15, 0.2) is 11.6 Å². The zero-order valence-corrected chi connectivity index (χ0v) is 10.7. The van der Waals surface area contributed by atoms with Crippen molar-refractivity contribution in [2.75, 3.05) is 7.11 Å². The number of ether oxygens (including phenoxy) is 1. The first-order valence-electron chi connectivity index (χ1n) is 6.11. The molecular formula is C15H12F2N2O. The zero-order valence-electron chi connectivity index (χ0n) is 10.7. The highest BCUT2D eigenvalue weighted by Gasteiger charge is 2.18. The molecule has 0 fully saturated rings. The number of aromatic nitrogens is 2. The van der Waals surface area contributed by atoms with Crippen LogP contribution >= 0.6 is 0 Å². The molecule has 5 heteroatoms. The van der Waals surface area contributed by atoms with E-state index in [2.05, 4.69) is 9.97 Å². The Morgan fingerprint density at radius 2 is 1.80 bits per heavy atom. The van der Waals surface area contributed by atoms with Gasteiger partial charge in [-0.15, -0.1) is 0 Å². The predicted molar refractivity (Wildman–Crippen MR) is 71.3 cm³/mol. The summed E-state index contributed by atoms with van der Waals surface area (Å²) < 4.78 is 31.8. The molecule has 2 aromatic carbocycles. The monoisotopic (exact) mass is 274 g/mol. The molecule has 0 aliphatic heterocycles. The Hall–Kier alpha value is -2.27. The van der Waals surface area contributed by atoms with Crippen molar-refractivity contribution >= 4 is 11.0 Å². The van der Waals surface area contributed by atoms with E-state index in [0.717, 1.165) is 17.7 Å². The van der Waals surface area contributed by atoms with E-state index in [4.69, 9.17) is 4.74 Å². The molecule has 0 aliphatic carbocycles. The highest BCUT2D eigenvalue weighted by atomic mass is 19.2. The van der Waals surface area contributed by atoms with E-state index in [1.165, 1.54) is 0 Å². The van der Waals surface area contributed by atoms with Crippen LogP contribution in [0.3, 0.4) is 0 Å². The molecule has 1 atom stereocenters. The van der Waals surface area contributed by atoms with Gasteiger partial charge in [0.05, 0.1) is 11.0 Å². The molecule has 0 bridgehead atoms. The SMILES string of the molecule is COC(c1ccccc1)c1nc2cc(F)c(F)cc2[nH]1. The van der Waals surface area contributed by atoms with Crippen molar-refractivity contribution in [2.24, 2.45) is 0 Å². The quantitative estimate of drug-likeness (QED) is 0.792. The molecule has 1 unspecified atom stereocenters. The van der Waals surface area contributed by atoms with Crippen molar-refractivity contribution in [3.63, 3.8) is 0 Å². The lowest BCUT2D eigenvalue weighted by molar-refractivity contribution is 0.130. The van der Waals surface area contributed by atoms with E-state index in [9.17, 15) is 8.78 Å². The summed E-state index contributed by atoms with van der Waals surface area (Å²) in [7, 11) is 1.56. The number of nitrogens with one attached hydrogen (secondary N) is 1. The Morgan fingerprint density at radius 3 is 2.50 bits per heavy atom. The zero-order chi connectivity index (χ0) is 14.1. The molecule has 3 aromatic rings. The fraction of sp³-hybridized carbons (Fsp3) is 0.133. The fourth-order valence-electron chi connectivity index (χ4n) is 2.18. The molecule has 0 amide bonds. The number of aromatic amines is 1. The summed E-state index contributed by atoms with van der Waals surface area (Å²) in [5.74, 6) is -1.30. The number of H-pyrrole nitrogens is 1. The molecule has 1 N–H and O–H groups in total. The molecule has 1 heterocycles. The number of rotatable bonds is 3. The van der Waals surface area contributed by atoms with Crippen molar-refractivity contribution < 1.29 is 13.5 Å². The van der Waals surface area contributed by atoms with Crippen LogP contribution in [0.5, 0.6) is 0 Å². The van der Waals surface area contributed by atoms with Crippen LogP contribution in [-0.4, -0.2) is 17.1 Å². The van der Waals surface area contributed by atoms with Gasteiger partial charge in [0, 0.05) is 19.2 Å². The summed E-state index contributed by atoms with van der Waals surface area (Å²) in [4.78, 5) is 7.25. The first-order valence-corrected chi connectivity index (χ1v) is 6.11. The number of halogens is 2. The number of hydrogen-bond acceptors (Lipinski definition) is 2. The van der Waals surface area contributed by atoms with E-state index in [0.29, 0.717) is 16.9 Å². The minimum Gasteiger partial charge on any atom is -0.369 e. The molecule has 3 rings (SSSR count). The van der Waals surface area contributed by atoms with Crippen LogP contribution < -0.4 is 0 Å². The Morgan fingerprint density at radius 1 is 1.10 bits per heavy atom. The number of imidazole rings is 1. The molecule has 102 valence electrons. The molecule has 0 aliphatic rings. The van der Waals surface area contributed by atoms with E-state index in [1.54, 1.807) is 7.11 Å². The Kier molecular flexibility index (Phi) is 3.20. The van der Waals surface area contributed by atoms with E-state index in [1.807, 2.05) is 30.3 Å². The standard InChI is InChI=1S/C15H12F2N2O/c1-20-14(9-5-3-2-4-6-9)15-18-12-7-10(16)11(17)8-13(12)19-15/h2-8,14H,1H3,(H,18,19). The molecule has 3 nitrogen and oxygen atoms in total.